The zero-order chi connectivity index (χ0) is 14.5. The maximum atomic E-state index is 13.5. The Labute approximate surface area is 120 Å². The van der Waals surface area contributed by atoms with Crippen molar-refractivity contribution in [1.82, 2.24) is 0 Å². The maximum absolute atomic E-state index is 13.5. The van der Waals surface area contributed by atoms with Gasteiger partial charge in [-0.3, -0.25) is 0 Å². The van der Waals surface area contributed by atoms with Crippen molar-refractivity contribution in [2.75, 3.05) is 24.6 Å². The van der Waals surface area contributed by atoms with Gasteiger partial charge >= 0.3 is 0 Å². The Morgan fingerprint density at radius 1 is 1.40 bits per heavy atom. The maximum Gasteiger partial charge on any atom is 0.142 e. The van der Waals surface area contributed by atoms with Crippen LogP contribution in [0, 0.1) is 11.7 Å². The molecule has 1 aliphatic rings. The second-order valence-corrected chi connectivity index (χ2v) is 5.76. The quantitative estimate of drug-likeness (QED) is 0.900. The van der Waals surface area contributed by atoms with Crippen LogP contribution in [-0.4, -0.2) is 25.7 Å². The monoisotopic (exact) mass is 280 g/mol. The lowest BCUT2D eigenvalue weighted by atomic mass is 10.1. The molecule has 1 aromatic carbocycles. The van der Waals surface area contributed by atoms with Crippen molar-refractivity contribution in [2.24, 2.45) is 11.7 Å². The number of hydrogen-bond donors (Lipinski definition) is 1. The van der Waals surface area contributed by atoms with Gasteiger partial charge in [0.25, 0.3) is 0 Å². The number of anilines is 1. The highest BCUT2D eigenvalue weighted by molar-refractivity contribution is 5.59. The topological polar surface area (TPSA) is 38.5 Å². The minimum atomic E-state index is -0.217. The molecule has 3 nitrogen and oxygen atoms in total. The molecule has 1 heterocycles. The highest BCUT2D eigenvalue weighted by Gasteiger charge is 2.20. The Morgan fingerprint density at radius 3 is 2.75 bits per heavy atom. The first-order valence-corrected chi connectivity index (χ1v) is 7.53. The van der Waals surface area contributed by atoms with Crippen LogP contribution in [0.15, 0.2) is 18.2 Å². The smallest absolute Gasteiger partial charge is 0.142 e. The molecule has 2 N–H and O–H groups in total. The summed E-state index contributed by atoms with van der Waals surface area (Å²) in [6, 6.07) is 5.04. The van der Waals surface area contributed by atoms with E-state index in [0.29, 0.717) is 12.5 Å². The first-order chi connectivity index (χ1) is 9.60. The number of nitrogens with two attached hydrogens (primary N) is 1. The van der Waals surface area contributed by atoms with E-state index in [2.05, 4.69) is 18.7 Å². The third kappa shape index (κ3) is 3.85. The first kappa shape index (κ1) is 15.1. The van der Waals surface area contributed by atoms with Crippen molar-refractivity contribution in [1.29, 1.82) is 0 Å². The summed E-state index contributed by atoms with van der Waals surface area (Å²) in [5.41, 5.74) is 6.79. The largest absolute Gasteiger partial charge is 0.491 e. The van der Waals surface area contributed by atoms with E-state index in [1.165, 1.54) is 6.07 Å². The molecule has 4 heteroatoms. The van der Waals surface area contributed by atoms with Gasteiger partial charge in [0.1, 0.15) is 11.6 Å². The molecule has 0 amide bonds. The number of halogens is 1. The van der Waals surface area contributed by atoms with Crippen molar-refractivity contribution in [3.63, 3.8) is 0 Å². The van der Waals surface area contributed by atoms with Crippen LogP contribution in [-0.2, 0) is 0 Å². The summed E-state index contributed by atoms with van der Waals surface area (Å²) in [6.45, 7) is 6.70. The van der Waals surface area contributed by atoms with E-state index in [9.17, 15) is 4.39 Å². The van der Waals surface area contributed by atoms with Crippen molar-refractivity contribution < 1.29 is 9.13 Å². The van der Waals surface area contributed by atoms with Crippen molar-refractivity contribution in [3.8, 4) is 5.75 Å². The Balaban J connectivity index is 2.11. The summed E-state index contributed by atoms with van der Waals surface area (Å²) in [7, 11) is 0. The third-order valence-electron chi connectivity index (χ3n) is 4.02. The molecule has 1 aliphatic heterocycles. The van der Waals surface area contributed by atoms with Gasteiger partial charge in [-0.1, -0.05) is 20.3 Å². The summed E-state index contributed by atoms with van der Waals surface area (Å²) in [4.78, 5) is 2.18. The lowest BCUT2D eigenvalue weighted by molar-refractivity contribution is 0.256. The van der Waals surface area contributed by atoms with Gasteiger partial charge in [-0.2, -0.15) is 0 Å². The van der Waals surface area contributed by atoms with E-state index in [1.54, 1.807) is 12.1 Å². The summed E-state index contributed by atoms with van der Waals surface area (Å²) in [6.07, 6.45) is 2.97. The fourth-order valence-corrected chi connectivity index (χ4v) is 2.35. The van der Waals surface area contributed by atoms with Gasteiger partial charge in [0.05, 0.1) is 12.3 Å². The Hall–Kier alpha value is -1.29. The molecule has 1 fully saturated rings. The van der Waals surface area contributed by atoms with Gasteiger partial charge in [0.15, 0.2) is 0 Å². The average Bonchev–Trinajstić information content (AvgIpc) is 2.46. The molecule has 112 valence electrons. The van der Waals surface area contributed by atoms with Gasteiger partial charge in [-0.15, -0.1) is 0 Å². The summed E-state index contributed by atoms with van der Waals surface area (Å²) >= 11 is 0. The average molecular weight is 280 g/mol. The number of ether oxygens (including phenoxy) is 1. The van der Waals surface area contributed by atoms with Crippen molar-refractivity contribution >= 4 is 5.69 Å². The van der Waals surface area contributed by atoms with Crippen LogP contribution in [0.1, 0.15) is 33.1 Å². The number of nitrogens with zero attached hydrogens (tertiary/aromatic N) is 1. The van der Waals surface area contributed by atoms with Crippen LogP contribution < -0.4 is 15.4 Å². The van der Waals surface area contributed by atoms with E-state index >= 15 is 0 Å². The molecule has 1 unspecified atom stereocenters. The second kappa shape index (κ2) is 6.93. The number of piperidine rings is 1. The molecule has 0 spiro atoms. The number of benzene rings is 1. The van der Waals surface area contributed by atoms with Crippen LogP contribution in [0.3, 0.4) is 0 Å². The molecule has 0 radical (unpaired) electrons. The van der Waals surface area contributed by atoms with Crippen molar-refractivity contribution in [3.05, 3.63) is 24.0 Å². The molecule has 0 bridgehead atoms. The highest BCUT2D eigenvalue weighted by Crippen LogP contribution is 2.31. The van der Waals surface area contributed by atoms with Gasteiger partial charge in [-0.25, -0.2) is 4.39 Å². The number of hydrogen-bond acceptors (Lipinski definition) is 3. The predicted molar refractivity (Wildman–Crippen MR) is 80.8 cm³/mol. The Bertz CT molecular complexity index is 430. The lowest BCUT2D eigenvalue weighted by Crippen LogP contribution is -2.39. The predicted octanol–water partition coefficient (Wildman–Crippen LogP) is 3.18. The SMILES string of the molecule is CCC(C)COc1ccc(F)cc1N1CCC(N)CC1. The normalized spacial score (nSPS) is 18.1. The molecule has 20 heavy (non-hydrogen) atoms. The van der Waals surface area contributed by atoms with E-state index in [0.717, 1.165) is 43.8 Å². The summed E-state index contributed by atoms with van der Waals surface area (Å²) < 4.78 is 19.4. The molecular formula is C16H25FN2O. The molecular weight excluding hydrogens is 255 g/mol. The summed E-state index contributed by atoms with van der Waals surface area (Å²) in [5, 5.41) is 0. The van der Waals surface area contributed by atoms with E-state index < -0.39 is 0 Å². The van der Waals surface area contributed by atoms with E-state index in [4.69, 9.17) is 10.5 Å². The Kier molecular flexibility index (Phi) is 5.24. The summed E-state index contributed by atoms with van der Waals surface area (Å²) in [5.74, 6) is 1.07. The molecule has 0 saturated carbocycles. The van der Waals surface area contributed by atoms with Crippen molar-refractivity contribution in [2.45, 2.75) is 39.2 Å². The third-order valence-corrected chi connectivity index (χ3v) is 4.02. The van der Waals surface area contributed by atoms with Gasteiger partial charge in [-0.05, 0) is 30.9 Å². The van der Waals surface area contributed by atoms with Crippen LogP contribution in [0.25, 0.3) is 0 Å². The minimum Gasteiger partial charge on any atom is -0.491 e. The molecule has 2 rings (SSSR count). The molecule has 0 aliphatic carbocycles. The lowest BCUT2D eigenvalue weighted by Gasteiger charge is -2.33. The minimum absolute atomic E-state index is 0.217. The molecule has 0 aromatic heterocycles. The highest BCUT2D eigenvalue weighted by atomic mass is 19.1. The standard InChI is InChI=1S/C16H25FN2O/c1-3-12(2)11-20-16-5-4-13(17)10-15(16)19-8-6-14(18)7-9-19/h4-5,10,12,14H,3,6-9,11,18H2,1-2H3. The van der Waals surface area contributed by atoms with Gasteiger partial charge < -0.3 is 15.4 Å². The van der Waals surface area contributed by atoms with E-state index in [-0.39, 0.29) is 11.9 Å². The van der Waals surface area contributed by atoms with Gasteiger partial charge in [0, 0.05) is 25.2 Å². The van der Waals surface area contributed by atoms with Crippen LogP contribution in [0.5, 0.6) is 5.75 Å². The van der Waals surface area contributed by atoms with E-state index in [1.807, 2.05) is 0 Å². The Morgan fingerprint density at radius 2 is 2.10 bits per heavy atom. The van der Waals surface area contributed by atoms with Gasteiger partial charge in [0.2, 0.25) is 0 Å². The number of rotatable bonds is 5. The fourth-order valence-electron chi connectivity index (χ4n) is 2.35. The van der Waals surface area contributed by atoms with Crippen LogP contribution >= 0.6 is 0 Å². The molecule has 1 aromatic rings. The van der Waals surface area contributed by atoms with Crippen LogP contribution in [0.2, 0.25) is 0 Å². The first-order valence-electron chi connectivity index (χ1n) is 7.53. The zero-order valence-corrected chi connectivity index (χ0v) is 12.4. The zero-order valence-electron chi connectivity index (χ0n) is 12.4. The van der Waals surface area contributed by atoms with Crippen LogP contribution in [0.4, 0.5) is 10.1 Å². The second-order valence-electron chi connectivity index (χ2n) is 5.76. The molecule has 1 saturated heterocycles. The fraction of sp³-hybridized carbons (Fsp3) is 0.625. The molecule has 1 atom stereocenters.